The monoisotopic (exact) mass is 349 g/mol. The van der Waals surface area contributed by atoms with Crippen molar-refractivity contribution in [2.24, 2.45) is 0 Å². The molecule has 2 amide bonds. The van der Waals surface area contributed by atoms with Crippen LogP contribution in [0.3, 0.4) is 0 Å². The van der Waals surface area contributed by atoms with Gasteiger partial charge in [-0.05, 0) is 17.9 Å². The maximum Gasteiger partial charge on any atom is 0.317 e. The van der Waals surface area contributed by atoms with E-state index in [1.54, 1.807) is 22.6 Å². The van der Waals surface area contributed by atoms with Crippen LogP contribution in [-0.4, -0.2) is 64.7 Å². The SMILES string of the molecule is O=C(O)CCCNC(=O)N1CCN(c2ncnc3ccsc23)CC1. The van der Waals surface area contributed by atoms with E-state index >= 15 is 0 Å². The number of carboxylic acids is 1. The summed E-state index contributed by atoms with van der Waals surface area (Å²) >= 11 is 1.62. The zero-order valence-corrected chi connectivity index (χ0v) is 14.0. The van der Waals surface area contributed by atoms with E-state index in [9.17, 15) is 9.59 Å². The number of anilines is 1. The van der Waals surface area contributed by atoms with Crippen LogP contribution in [-0.2, 0) is 4.79 Å². The average molecular weight is 349 g/mol. The highest BCUT2D eigenvalue weighted by Gasteiger charge is 2.23. The minimum absolute atomic E-state index is 0.0680. The lowest BCUT2D eigenvalue weighted by Gasteiger charge is -2.35. The summed E-state index contributed by atoms with van der Waals surface area (Å²) in [5.41, 5.74) is 0.948. The van der Waals surface area contributed by atoms with Gasteiger partial charge in [0.25, 0.3) is 0 Å². The number of nitrogens with zero attached hydrogens (tertiary/aromatic N) is 4. The minimum Gasteiger partial charge on any atom is -0.481 e. The van der Waals surface area contributed by atoms with Crippen LogP contribution in [0, 0.1) is 0 Å². The van der Waals surface area contributed by atoms with Crippen molar-refractivity contribution in [3.05, 3.63) is 17.8 Å². The second kappa shape index (κ2) is 7.43. The number of fused-ring (bicyclic) bond motifs is 1. The molecule has 2 aromatic heterocycles. The molecule has 3 heterocycles. The van der Waals surface area contributed by atoms with Crippen LogP contribution < -0.4 is 10.2 Å². The lowest BCUT2D eigenvalue weighted by atomic mass is 10.3. The summed E-state index contributed by atoms with van der Waals surface area (Å²) in [6, 6.07) is 1.84. The number of aliphatic carboxylic acids is 1. The van der Waals surface area contributed by atoms with Crippen molar-refractivity contribution in [2.45, 2.75) is 12.8 Å². The Labute approximate surface area is 143 Å². The van der Waals surface area contributed by atoms with Gasteiger partial charge < -0.3 is 20.2 Å². The molecule has 2 N–H and O–H groups in total. The van der Waals surface area contributed by atoms with Gasteiger partial charge in [0.1, 0.15) is 12.1 Å². The fourth-order valence-corrected chi connectivity index (χ4v) is 3.53. The predicted molar refractivity (Wildman–Crippen MR) is 91.5 cm³/mol. The summed E-state index contributed by atoms with van der Waals surface area (Å²) in [5, 5.41) is 13.4. The molecule has 0 aliphatic carbocycles. The smallest absolute Gasteiger partial charge is 0.317 e. The van der Waals surface area contributed by atoms with E-state index in [0.29, 0.717) is 39.1 Å². The van der Waals surface area contributed by atoms with Gasteiger partial charge in [0.15, 0.2) is 0 Å². The van der Waals surface area contributed by atoms with Crippen molar-refractivity contribution in [1.29, 1.82) is 0 Å². The van der Waals surface area contributed by atoms with Gasteiger partial charge in [0.2, 0.25) is 0 Å². The fraction of sp³-hybridized carbons (Fsp3) is 0.467. The molecule has 0 aromatic carbocycles. The van der Waals surface area contributed by atoms with Gasteiger partial charge >= 0.3 is 12.0 Å². The lowest BCUT2D eigenvalue weighted by Crippen LogP contribution is -2.52. The van der Waals surface area contributed by atoms with Gasteiger partial charge in [-0.1, -0.05) is 0 Å². The molecule has 128 valence electrons. The number of urea groups is 1. The third-order valence-electron chi connectivity index (χ3n) is 3.93. The number of hydrogen-bond donors (Lipinski definition) is 2. The Morgan fingerprint density at radius 1 is 1.25 bits per heavy atom. The van der Waals surface area contributed by atoms with Crippen molar-refractivity contribution in [2.75, 3.05) is 37.6 Å². The number of nitrogens with one attached hydrogen (secondary N) is 1. The number of amides is 2. The van der Waals surface area contributed by atoms with E-state index in [2.05, 4.69) is 20.2 Å². The molecule has 0 radical (unpaired) electrons. The third kappa shape index (κ3) is 3.73. The molecule has 24 heavy (non-hydrogen) atoms. The Balaban J connectivity index is 1.51. The van der Waals surface area contributed by atoms with Crippen LogP contribution in [0.5, 0.6) is 0 Å². The molecule has 0 atom stereocenters. The molecular weight excluding hydrogens is 330 g/mol. The molecule has 8 nitrogen and oxygen atoms in total. The molecule has 3 rings (SSSR count). The lowest BCUT2D eigenvalue weighted by molar-refractivity contribution is -0.137. The molecule has 2 aromatic rings. The molecule has 0 spiro atoms. The number of thiophene rings is 1. The number of carbonyl (C=O) groups excluding carboxylic acids is 1. The normalized spacial score (nSPS) is 14.8. The van der Waals surface area contributed by atoms with E-state index in [1.165, 1.54) is 0 Å². The summed E-state index contributed by atoms with van der Waals surface area (Å²) in [5.74, 6) is 0.0825. The first-order valence-electron chi connectivity index (χ1n) is 7.83. The topological polar surface area (TPSA) is 98.7 Å². The summed E-state index contributed by atoms with van der Waals surface area (Å²) < 4.78 is 1.07. The number of hydrogen-bond acceptors (Lipinski definition) is 6. The standard InChI is InChI=1S/C15H19N5O3S/c21-12(22)2-1-4-16-15(23)20-7-5-19(6-8-20)14-13-11(3-9-24-13)17-10-18-14/h3,9-10H,1-2,4-8H2,(H,16,23)(H,21,22). The molecule has 0 unspecified atom stereocenters. The third-order valence-corrected chi connectivity index (χ3v) is 4.83. The summed E-state index contributed by atoms with van der Waals surface area (Å²) in [6.07, 6.45) is 2.09. The zero-order chi connectivity index (χ0) is 16.9. The number of rotatable bonds is 5. The van der Waals surface area contributed by atoms with E-state index in [1.807, 2.05) is 11.4 Å². The van der Waals surface area contributed by atoms with Crippen LogP contribution >= 0.6 is 11.3 Å². The summed E-state index contributed by atoms with van der Waals surface area (Å²) in [4.78, 5) is 35.1. The van der Waals surface area contributed by atoms with Crippen LogP contribution in [0.2, 0.25) is 0 Å². The van der Waals surface area contributed by atoms with E-state index < -0.39 is 5.97 Å². The van der Waals surface area contributed by atoms with Crippen LogP contribution in [0.4, 0.5) is 10.6 Å². The number of carboxylic acid groups (broad SMARTS) is 1. The second-order valence-electron chi connectivity index (χ2n) is 5.54. The van der Waals surface area contributed by atoms with Crippen molar-refractivity contribution >= 4 is 39.4 Å². The van der Waals surface area contributed by atoms with Gasteiger partial charge in [0, 0.05) is 39.1 Å². The largest absolute Gasteiger partial charge is 0.481 e. The van der Waals surface area contributed by atoms with Gasteiger partial charge in [0.05, 0.1) is 10.2 Å². The van der Waals surface area contributed by atoms with Gasteiger partial charge in [-0.25, -0.2) is 14.8 Å². The Bertz CT molecular complexity index is 727. The minimum atomic E-state index is -0.845. The van der Waals surface area contributed by atoms with Crippen molar-refractivity contribution in [1.82, 2.24) is 20.2 Å². The first kappa shape index (κ1) is 16.4. The molecule has 9 heteroatoms. The van der Waals surface area contributed by atoms with E-state index in [0.717, 1.165) is 16.0 Å². The van der Waals surface area contributed by atoms with Crippen molar-refractivity contribution < 1.29 is 14.7 Å². The van der Waals surface area contributed by atoms with Gasteiger partial charge in [-0.2, -0.15) is 0 Å². The first-order chi connectivity index (χ1) is 11.6. The van der Waals surface area contributed by atoms with Crippen LogP contribution in [0.1, 0.15) is 12.8 Å². The van der Waals surface area contributed by atoms with Crippen LogP contribution in [0.15, 0.2) is 17.8 Å². The molecule has 0 saturated carbocycles. The molecule has 0 bridgehead atoms. The summed E-state index contributed by atoms with van der Waals surface area (Å²) in [7, 11) is 0. The molecule has 1 aliphatic rings. The predicted octanol–water partition coefficient (Wildman–Crippen LogP) is 1.39. The van der Waals surface area contributed by atoms with Crippen molar-refractivity contribution in [3.8, 4) is 0 Å². The zero-order valence-electron chi connectivity index (χ0n) is 13.1. The fourth-order valence-electron chi connectivity index (χ4n) is 2.67. The second-order valence-corrected chi connectivity index (χ2v) is 6.45. The molecule has 1 saturated heterocycles. The highest BCUT2D eigenvalue weighted by molar-refractivity contribution is 7.17. The maximum atomic E-state index is 12.1. The first-order valence-corrected chi connectivity index (χ1v) is 8.71. The van der Waals surface area contributed by atoms with Gasteiger partial charge in [-0.15, -0.1) is 11.3 Å². The number of aromatic nitrogens is 2. The summed E-state index contributed by atoms with van der Waals surface area (Å²) in [6.45, 7) is 3.04. The van der Waals surface area contributed by atoms with Gasteiger partial charge in [-0.3, -0.25) is 4.79 Å². The Morgan fingerprint density at radius 3 is 2.79 bits per heavy atom. The average Bonchev–Trinajstić information content (AvgIpc) is 3.07. The quantitative estimate of drug-likeness (QED) is 0.792. The van der Waals surface area contributed by atoms with E-state index in [-0.39, 0.29) is 12.5 Å². The Kier molecular flexibility index (Phi) is 5.09. The van der Waals surface area contributed by atoms with Crippen LogP contribution in [0.25, 0.3) is 10.2 Å². The Hall–Kier alpha value is -2.42. The highest BCUT2D eigenvalue weighted by Crippen LogP contribution is 2.28. The highest BCUT2D eigenvalue weighted by atomic mass is 32.1. The number of carbonyl (C=O) groups is 2. The maximum absolute atomic E-state index is 12.1. The molecular formula is C15H19N5O3S. The van der Waals surface area contributed by atoms with Crippen molar-refractivity contribution in [3.63, 3.8) is 0 Å². The Morgan fingerprint density at radius 2 is 2.04 bits per heavy atom. The number of piperazine rings is 1. The molecule has 1 aliphatic heterocycles. The molecule has 1 fully saturated rings. The van der Waals surface area contributed by atoms with E-state index in [4.69, 9.17) is 5.11 Å².